The summed E-state index contributed by atoms with van der Waals surface area (Å²) in [4.78, 5) is 0.752. The standard InChI is InChI=1S/C8H6Br2ClF3OS/c9-4-1-6(16-7(4)10)5(11)2-15-3-8(12,13)14/h1,5H,2-3H2. The Morgan fingerprint density at radius 2 is 2.06 bits per heavy atom. The molecule has 16 heavy (non-hydrogen) atoms. The first-order valence-electron chi connectivity index (χ1n) is 4.03. The van der Waals surface area contributed by atoms with Crippen LogP contribution in [0.1, 0.15) is 10.3 Å². The highest BCUT2D eigenvalue weighted by atomic mass is 79.9. The predicted octanol–water partition coefficient (Wildman–Crippen LogP) is 5.13. The fraction of sp³-hybridized carbons (Fsp3) is 0.500. The second-order valence-electron chi connectivity index (χ2n) is 2.87. The Morgan fingerprint density at radius 3 is 2.50 bits per heavy atom. The summed E-state index contributed by atoms with van der Waals surface area (Å²) in [5, 5.41) is -0.574. The Labute approximate surface area is 116 Å². The summed E-state index contributed by atoms with van der Waals surface area (Å²) < 4.78 is 41.5. The first-order chi connectivity index (χ1) is 7.29. The summed E-state index contributed by atoms with van der Waals surface area (Å²) in [5.41, 5.74) is 0. The summed E-state index contributed by atoms with van der Waals surface area (Å²) >= 11 is 13.8. The van der Waals surface area contributed by atoms with Crippen LogP contribution in [-0.2, 0) is 4.74 Å². The topological polar surface area (TPSA) is 9.23 Å². The van der Waals surface area contributed by atoms with Gasteiger partial charge in [-0.15, -0.1) is 22.9 Å². The van der Waals surface area contributed by atoms with Crippen LogP contribution in [0, 0.1) is 0 Å². The van der Waals surface area contributed by atoms with Crippen LogP contribution in [0.5, 0.6) is 0 Å². The van der Waals surface area contributed by atoms with Gasteiger partial charge in [-0.05, 0) is 37.9 Å². The van der Waals surface area contributed by atoms with Gasteiger partial charge in [0.05, 0.1) is 15.8 Å². The molecule has 0 saturated carbocycles. The van der Waals surface area contributed by atoms with Crippen molar-refractivity contribution in [1.29, 1.82) is 0 Å². The van der Waals surface area contributed by atoms with Gasteiger partial charge in [0.15, 0.2) is 0 Å². The van der Waals surface area contributed by atoms with Crippen molar-refractivity contribution in [2.45, 2.75) is 11.6 Å². The van der Waals surface area contributed by atoms with Crippen LogP contribution < -0.4 is 0 Å². The molecule has 1 aromatic heterocycles. The van der Waals surface area contributed by atoms with Crippen molar-refractivity contribution >= 4 is 54.8 Å². The highest BCUT2D eigenvalue weighted by Gasteiger charge is 2.28. The molecule has 1 nitrogen and oxygen atoms in total. The van der Waals surface area contributed by atoms with E-state index in [1.54, 1.807) is 6.07 Å². The van der Waals surface area contributed by atoms with Gasteiger partial charge in [0.2, 0.25) is 0 Å². The molecule has 92 valence electrons. The number of halogens is 6. The lowest BCUT2D eigenvalue weighted by molar-refractivity contribution is -0.173. The number of thiophene rings is 1. The number of rotatable bonds is 4. The summed E-state index contributed by atoms with van der Waals surface area (Å²) in [5.74, 6) is 0. The van der Waals surface area contributed by atoms with Gasteiger partial charge in [-0.3, -0.25) is 0 Å². The van der Waals surface area contributed by atoms with Crippen LogP contribution in [0.2, 0.25) is 0 Å². The smallest absolute Gasteiger partial charge is 0.370 e. The van der Waals surface area contributed by atoms with Gasteiger partial charge in [0.1, 0.15) is 6.61 Å². The monoisotopic (exact) mass is 400 g/mol. The molecular formula is C8H6Br2ClF3OS. The minimum atomic E-state index is -4.31. The predicted molar refractivity (Wildman–Crippen MR) is 65.2 cm³/mol. The molecule has 0 N–H and O–H groups in total. The third-order valence-corrected chi connectivity index (χ3v) is 5.36. The Bertz CT molecular complexity index is 336. The average Bonchev–Trinajstić information content (AvgIpc) is 2.45. The van der Waals surface area contributed by atoms with E-state index >= 15 is 0 Å². The first kappa shape index (κ1) is 14.8. The van der Waals surface area contributed by atoms with Crippen molar-refractivity contribution < 1.29 is 17.9 Å². The van der Waals surface area contributed by atoms with Crippen LogP contribution in [0.4, 0.5) is 13.2 Å². The molecule has 0 spiro atoms. The molecule has 0 radical (unpaired) electrons. The SMILES string of the molecule is FC(F)(F)COCC(Cl)c1cc(Br)c(Br)s1. The summed E-state index contributed by atoms with van der Waals surface area (Å²) in [7, 11) is 0. The molecule has 8 heteroatoms. The zero-order valence-corrected chi connectivity index (χ0v) is 12.4. The van der Waals surface area contributed by atoms with Crippen molar-refractivity contribution in [2.75, 3.05) is 13.2 Å². The molecule has 1 aromatic rings. The third kappa shape index (κ3) is 4.91. The van der Waals surface area contributed by atoms with Crippen molar-refractivity contribution in [2.24, 2.45) is 0 Å². The molecule has 0 bridgehead atoms. The Balaban J connectivity index is 2.44. The van der Waals surface area contributed by atoms with E-state index in [1.165, 1.54) is 11.3 Å². The van der Waals surface area contributed by atoms with E-state index in [9.17, 15) is 13.2 Å². The van der Waals surface area contributed by atoms with Crippen molar-refractivity contribution in [3.05, 3.63) is 19.2 Å². The van der Waals surface area contributed by atoms with Crippen LogP contribution >= 0.6 is 54.8 Å². The maximum absolute atomic E-state index is 11.8. The Kier molecular flexibility index (Phi) is 5.57. The molecule has 1 heterocycles. The summed E-state index contributed by atoms with van der Waals surface area (Å²) in [6, 6.07) is 1.75. The molecule has 0 aliphatic carbocycles. The van der Waals surface area contributed by atoms with Crippen molar-refractivity contribution in [1.82, 2.24) is 0 Å². The lowest BCUT2D eigenvalue weighted by Crippen LogP contribution is -2.18. The zero-order valence-electron chi connectivity index (χ0n) is 7.65. The van der Waals surface area contributed by atoms with Gasteiger partial charge in [0, 0.05) is 9.35 Å². The highest BCUT2D eigenvalue weighted by Crippen LogP contribution is 2.37. The van der Waals surface area contributed by atoms with Crippen LogP contribution in [0.15, 0.2) is 14.3 Å². The molecule has 0 aromatic carbocycles. The van der Waals surface area contributed by atoms with E-state index < -0.39 is 18.2 Å². The maximum Gasteiger partial charge on any atom is 0.411 e. The molecule has 0 amide bonds. The average molecular weight is 402 g/mol. The van der Waals surface area contributed by atoms with Crippen LogP contribution in [0.3, 0.4) is 0 Å². The molecule has 0 fully saturated rings. The Hall–Kier alpha value is 0.700. The van der Waals surface area contributed by atoms with Gasteiger partial charge in [-0.1, -0.05) is 0 Å². The van der Waals surface area contributed by atoms with Crippen LogP contribution in [-0.4, -0.2) is 19.4 Å². The van der Waals surface area contributed by atoms with Gasteiger partial charge < -0.3 is 4.74 Å². The van der Waals surface area contributed by atoms with Crippen molar-refractivity contribution in [3.8, 4) is 0 Å². The molecule has 0 aliphatic rings. The fourth-order valence-electron chi connectivity index (χ4n) is 0.878. The first-order valence-corrected chi connectivity index (χ1v) is 6.87. The van der Waals surface area contributed by atoms with Gasteiger partial charge in [-0.25, -0.2) is 0 Å². The fourth-order valence-corrected chi connectivity index (χ4v) is 3.22. The minimum absolute atomic E-state index is 0.166. The molecular weight excluding hydrogens is 396 g/mol. The molecule has 1 atom stereocenters. The lowest BCUT2D eigenvalue weighted by atomic mass is 10.3. The molecule has 1 unspecified atom stereocenters. The highest BCUT2D eigenvalue weighted by molar-refractivity contribution is 9.13. The minimum Gasteiger partial charge on any atom is -0.370 e. The van der Waals surface area contributed by atoms with E-state index in [0.29, 0.717) is 0 Å². The molecule has 0 saturated heterocycles. The molecule has 1 rings (SSSR count). The van der Waals surface area contributed by atoms with Crippen LogP contribution in [0.25, 0.3) is 0 Å². The van der Waals surface area contributed by atoms with Gasteiger partial charge >= 0.3 is 6.18 Å². The third-order valence-electron chi connectivity index (χ3n) is 1.50. The number of alkyl halides is 4. The largest absolute Gasteiger partial charge is 0.411 e. The normalized spacial score (nSPS) is 14.1. The Morgan fingerprint density at radius 1 is 1.44 bits per heavy atom. The van der Waals surface area contributed by atoms with E-state index in [1.807, 2.05) is 0 Å². The van der Waals surface area contributed by atoms with Crippen molar-refractivity contribution in [3.63, 3.8) is 0 Å². The van der Waals surface area contributed by atoms with E-state index in [4.69, 9.17) is 11.6 Å². The number of hydrogen-bond donors (Lipinski definition) is 0. The molecule has 0 aliphatic heterocycles. The summed E-state index contributed by atoms with van der Waals surface area (Å²) in [6.45, 7) is -1.44. The van der Waals surface area contributed by atoms with E-state index in [0.717, 1.165) is 13.1 Å². The zero-order chi connectivity index (χ0) is 12.3. The second kappa shape index (κ2) is 6.04. The van der Waals surface area contributed by atoms with E-state index in [-0.39, 0.29) is 6.61 Å². The van der Waals surface area contributed by atoms with Gasteiger partial charge in [-0.2, -0.15) is 13.2 Å². The quantitative estimate of drug-likeness (QED) is 0.635. The number of hydrogen-bond acceptors (Lipinski definition) is 2. The van der Waals surface area contributed by atoms with Gasteiger partial charge in [0.25, 0.3) is 0 Å². The maximum atomic E-state index is 11.8. The summed E-state index contributed by atoms with van der Waals surface area (Å²) in [6.07, 6.45) is -4.31. The number of ether oxygens (including phenoxy) is 1. The van der Waals surface area contributed by atoms with E-state index in [2.05, 4.69) is 36.6 Å². The lowest BCUT2D eigenvalue weighted by Gasteiger charge is -2.10. The second-order valence-corrected chi connectivity index (χ2v) is 6.65.